The van der Waals surface area contributed by atoms with E-state index in [4.69, 9.17) is 27.9 Å². The van der Waals surface area contributed by atoms with E-state index in [0.717, 1.165) is 11.3 Å². The van der Waals surface area contributed by atoms with Gasteiger partial charge in [-0.1, -0.05) is 48.5 Å². The molecule has 2 rings (SSSR count). The second-order valence-electron chi connectivity index (χ2n) is 4.01. The molecule has 0 saturated heterocycles. The molecule has 0 unspecified atom stereocenters. The van der Waals surface area contributed by atoms with E-state index in [-0.39, 0.29) is 16.0 Å². The van der Waals surface area contributed by atoms with Crippen LogP contribution in [0.4, 0.5) is 0 Å². The maximum Gasteiger partial charge on any atom is 0.344 e. The largest absolute Gasteiger partial charge is 0.462 e. The number of carbonyl (C=O) groups is 1. The molecule has 0 fully saturated rings. The lowest BCUT2D eigenvalue weighted by Gasteiger charge is -2.09. The Kier molecular flexibility index (Phi) is 5.85. The van der Waals surface area contributed by atoms with Crippen molar-refractivity contribution in [3.63, 3.8) is 0 Å². The van der Waals surface area contributed by atoms with Crippen LogP contribution in [0.1, 0.15) is 23.7 Å². The van der Waals surface area contributed by atoms with Crippen molar-refractivity contribution in [1.29, 1.82) is 0 Å². The minimum atomic E-state index is -0.544. The summed E-state index contributed by atoms with van der Waals surface area (Å²) in [7, 11) is 0. The zero-order valence-electron chi connectivity index (χ0n) is 11.2. The normalized spacial score (nSPS) is 10.4. The molecule has 0 aliphatic rings. The quantitative estimate of drug-likeness (QED) is 0.454. The minimum absolute atomic E-state index is 0.00506. The molecule has 0 aliphatic carbocycles. The molecule has 1 aromatic heterocycles. The van der Waals surface area contributed by atoms with Crippen molar-refractivity contribution in [1.82, 2.24) is 9.97 Å². The number of hydrogen-bond acceptors (Lipinski definition) is 5. The number of rotatable bonds is 5. The van der Waals surface area contributed by atoms with Crippen LogP contribution in [0.2, 0.25) is 10.4 Å². The summed E-state index contributed by atoms with van der Waals surface area (Å²) in [6, 6.07) is 9.48. The average Bonchev–Trinajstić information content (AvgIpc) is 2.45. The number of carbonyl (C=O) groups excluding carboxylic acids is 1. The fourth-order valence-corrected chi connectivity index (χ4v) is 3.00. The third-order valence-corrected chi connectivity index (χ3v) is 3.84. The van der Waals surface area contributed by atoms with Crippen LogP contribution < -0.4 is 0 Å². The van der Waals surface area contributed by atoms with Crippen LogP contribution in [0.25, 0.3) is 0 Å². The minimum Gasteiger partial charge on any atom is -0.462 e. The molecule has 0 amide bonds. The Morgan fingerprint density at radius 1 is 1.24 bits per heavy atom. The van der Waals surface area contributed by atoms with Crippen LogP contribution >= 0.6 is 35.0 Å². The molecule has 0 radical (unpaired) electrons. The molecule has 4 nitrogen and oxygen atoms in total. The summed E-state index contributed by atoms with van der Waals surface area (Å²) >= 11 is 13.1. The smallest absolute Gasteiger partial charge is 0.344 e. The van der Waals surface area contributed by atoms with Crippen molar-refractivity contribution in [2.45, 2.75) is 23.3 Å². The number of esters is 1. The summed E-state index contributed by atoms with van der Waals surface area (Å²) in [4.78, 5) is 20.9. The van der Waals surface area contributed by atoms with Crippen molar-refractivity contribution in [3.05, 3.63) is 46.3 Å². The first-order chi connectivity index (χ1) is 10.1. The van der Waals surface area contributed by atoms with Gasteiger partial charge < -0.3 is 4.74 Å². The maximum atomic E-state index is 12.1. The Morgan fingerprint density at radius 2 is 1.95 bits per heavy atom. The van der Waals surface area contributed by atoms with E-state index in [9.17, 15) is 4.79 Å². The van der Waals surface area contributed by atoms with E-state index >= 15 is 0 Å². The lowest BCUT2D eigenvalue weighted by Crippen LogP contribution is -2.10. The molecule has 110 valence electrons. The molecule has 2 aromatic rings. The predicted molar refractivity (Wildman–Crippen MR) is 83.2 cm³/mol. The zero-order valence-corrected chi connectivity index (χ0v) is 13.5. The predicted octanol–water partition coefficient (Wildman–Crippen LogP) is 4.50. The fourth-order valence-electron chi connectivity index (χ4n) is 1.50. The molecule has 0 spiro atoms. The van der Waals surface area contributed by atoms with Crippen LogP contribution in [0.15, 0.2) is 40.3 Å². The van der Waals surface area contributed by atoms with E-state index in [0.29, 0.717) is 11.6 Å². The van der Waals surface area contributed by atoms with Gasteiger partial charge in [-0.05, 0) is 30.2 Å². The molecule has 0 aliphatic heterocycles. The molecule has 0 atom stereocenters. The molecular weight excluding hydrogens is 331 g/mol. The molecule has 7 heteroatoms. The monoisotopic (exact) mass is 342 g/mol. The van der Waals surface area contributed by atoms with Crippen molar-refractivity contribution in [2.24, 2.45) is 0 Å². The highest BCUT2D eigenvalue weighted by molar-refractivity contribution is 7.99. The van der Waals surface area contributed by atoms with Gasteiger partial charge in [0.25, 0.3) is 0 Å². The lowest BCUT2D eigenvalue weighted by atomic mass is 10.3. The van der Waals surface area contributed by atoms with Gasteiger partial charge in [0.15, 0.2) is 0 Å². The topological polar surface area (TPSA) is 52.1 Å². The van der Waals surface area contributed by atoms with Crippen LogP contribution in [0.5, 0.6) is 0 Å². The highest BCUT2D eigenvalue weighted by Gasteiger charge is 2.21. The van der Waals surface area contributed by atoms with E-state index < -0.39 is 5.97 Å². The van der Waals surface area contributed by atoms with Crippen molar-refractivity contribution >= 4 is 40.9 Å². The third-order valence-electron chi connectivity index (χ3n) is 2.40. The SMILES string of the molecule is CCCOC(=O)c1c(Cl)nc(Cl)nc1Sc1ccccc1. The van der Waals surface area contributed by atoms with Crippen LogP contribution in [0.3, 0.4) is 0 Å². The van der Waals surface area contributed by atoms with Gasteiger partial charge in [0.05, 0.1) is 6.61 Å². The first-order valence-electron chi connectivity index (χ1n) is 6.25. The van der Waals surface area contributed by atoms with E-state index in [1.165, 1.54) is 11.8 Å². The molecule has 0 N–H and O–H groups in total. The summed E-state index contributed by atoms with van der Waals surface area (Å²) in [6.07, 6.45) is 0.721. The summed E-state index contributed by atoms with van der Waals surface area (Å²) in [5, 5.41) is 0.368. The Balaban J connectivity index is 2.36. The van der Waals surface area contributed by atoms with Gasteiger partial charge in [-0.15, -0.1) is 0 Å². The Bertz CT molecular complexity index is 638. The van der Waals surface area contributed by atoms with E-state index in [2.05, 4.69) is 9.97 Å². The Morgan fingerprint density at radius 3 is 2.62 bits per heavy atom. The molecule has 21 heavy (non-hydrogen) atoms. The number of benzene rings is 1. The standard InChI is InChI=1S/C14H12Cl2N2O2S/c1-2-8-20-13(19)10-11(15)17-14(16)18-12(10)21-9-6-4-3-5-7-9/h3-7H,2,8H2,1H3. The number of nitrogens with zero attached hydrogens (tertiary/aromatic N) is 2. The lowest BCUT2D eigenvalue weighted by molar-refractivity contribution is 0.0499. The molecule has 0 bridgehead atoms. The first-order valence-corrected chi connectivity index (χ1v) is 7.82. The highest BCUT2D eigenvalue weighted by Crippen LogP contribution is 2.32. The van der Waals surface area contributed by atoms with Gasteiger partial charge in [0.2, 0.25) is 5.28 Å². The van der Waals surface area contributed by atoms with Gasteiger partial charge in [-0.25, -0.2) is 14.8 Å². The number of ether oxygens (including phenoxy) is 1. The van der Waals surface area contributed by atoms with E-state index in [1.54, 1.807) is 0 Å². The number of halogens is 2. The van der Waals surface area contributed by atoms with Gasteiger partial charge in [0, 0.05) is 4.90 Å². The number of aromatic nitrogens is 2. The maximum absolute atomic E-state index is 12.1. The average molecular weight is 343 g/mol. The summed E-state index contributed by atoms with van der Waals surface area (Å²) in [5.41, 5.74) is 0.142. The Hall–Kier alpha value is -1.30. The van der Waals surface area contributed by atoms with Crippen LogP contribution in [-0.2, 0) is 4.74 Å². The van der Waals surface area contributed by atoms with Crippen LogP contribution in [-0.4, -0.2) is 22.5 Å². The fraction of sp³-hybridized carbons (Fsp3) is 0.214. The third kappa shape index (κ3) is 4.33. The van der Waals surface area contributed by atoms with Crippen molar-refractivity contribution < 1.29 is 9.53 Å². The van der Waals surface area contributed by atoms with Gasteiger partial charge >= 0.3 is 5.97 Å². The van der Waals surface area contributed by atoms with Gasteiger partial charge in [-0.3, -0.25) is 0 Å². The van der Waals surface area contributed by atoms with Crippen molar-refractivity contribution in [3.8, 4) is 0 Å². The zero-order chi connectivity index (χ0) is 15.2. The molecular formula is C14H12Cl2N2O2S. The highest BCUT2D eigenvalue weighted by atomic mass is 35.5. The summed E-state index contributed by atoms with van der Waals surface area (Å²) in [5.74, 6) is -0.544. The Labute approximate surface area is 136 Å². The second-order valence-corrected chi connectivity index (χ2v) is 5.77. The number of hydrogen-bond donors (Lipinski definition) is 0. The van der Waals surface area contributed by atoms with Crippen LogP contribution in [0, 0.1) is 0 Å². The summed E-state index contributed by atoms with van der Waals surface area (Å²) < 4.78 is 5.12. The van der Waals surface area contributed by atoms with Gasteiger partial charge in [-0.2, -0.15) is 0 Å². The molecule has 0 saturated carbocycles. The summed E-state index contributed by atoms with van der Waals surface area (Å²) in [6.45, 7) is 2.22. The van der Waals surface area contributed by atoms with Gasteiger partial charge in [0.1, 0.15) is 15.7 Å². The van der Waals surface area contributed by atoms with Crippen molar-refractivity contribution in [2.75, 3.05) is 6.61 Å². The second kappa shape index (κ2) is 7.64. The molecule has 1 aromatic carbocycles. The first kappa shape index (κ1) is 16.1. The molecule has 1 heterocycles. The van der Waals surface area contributed by atoms with E-state index in [1.807, 2.05) is 37.3 Å².